The molecular weight excluding hydrogens is 451 g/mol. The second-order valence-electron chi connectivity index (χ2n) is 7.57. The predicted octanol–water partition coefficient (Wildman–Crippen LogP) is 3.41. The SMILES string of the molecule is Cn1cc2cc(-c3nc4cnc(NCC(F)(F)F)nc4n(-c4cccc(O)c4)c3=O)ccc2n1. The highest BCUT2D eigenvalue weighted by Gasteiger charge is 2.27. The lowest BCUT2D eigenvalue weighted by Gasteiger charge is -2.13. The van der Waals surface area contributed by atoms with Gasteiger partial charge in [-0.25, -0.2) is 9.97 Å². The minimum Gasteiger partial charge on any atom is -0.508 e. The fourth-order valence-corrected chi connectivity index (χ4v) is 3.60. The van der Waals surface area contributed by atoms with Crippen molar-refractivity contribution in [1.29, 1.82) is 0 Å². The summed E-state index contributed by atoms with van der Waals surface area (Å²) in [6, 6.07) is 11.1. The van der Waals surface area contributed by atoms with E-state index in [1.807, 2.05) is 0 Å². The number of benzene rings is 2. The average molecular weight is 467 g/mol. The number of anilines is 1. The van der Waals surface area contributed by atoms with Crippen molar-refractivity contribution < 1.29 is 18.3 Å². The topological polar surface area (TPSA) is 111 Å². The number of hydrogen-bond acceptors (Lipinski definition) is 7. The van der Waals surface area contributed by atoms with Gasteiger partial charge in [-0.15, -0.1) is 0 Å². The average Bonchev–Trinajstić information content (AvgIpc) is 3.16. The van der Waals surface area contributed by atoms with Gasteiger partial charge in [0.1, 0.15) is 23.5 Å². The number of phenols is 1. The lowest BCUT2D eigenvalue weighted by molar-refractivity contribution is -0.115. The van der Waals surface area contributed by atoms with Crippen LogP contribution in [-0.4, -0.2) is 47.1 Å². The number of rotatable bonds is 4. The molecular formula is C22H16F3N7O2. The normalized spacial score (nSPS) is 11.9. The van der Waals surface area contributed by atoms with Crippen molar-refractivity contribution in [3.05, 3.63) is 65.2 Å². The molecule has 2 N–H and O–H groups in total. The second kappa shape index (κ2) is 7.83. The van der Waals surface area contributed by atoms with Gasteiger partial charge in [-0.2, -0.15) is 23.3 Å². The number of alkyl halides is 3. The zero-order valence-electron chi connectivity index (χ0n) is 17.6. The number of nitrogens with zero attached hydrogens (tertiary/aromatic N) is 6. The maximum atomic E-state index is 13.6. The van der Waals surface area contributed by atoms with Crippen LogP contribution in [-0.2, 0) is 7.05 Å². The smallest absolute Gasteiger partial charge is 0.405 e. The summed E-state index contributed by atoms with van der Waals surface area (Å²) in [4.78, 5) is 26.1. The zero-order chi connectivity index (χ0) is 24.0. The summed E-state index contributed by atoms with van der Waals surface area (Å²) in [5, 5.41) is 17.2. The van der Waals surface area contributed by atoms with Crippen LogP contribution in [0, 0.1) is 0 Å². The molecule has 0 spiro atoms. The Morgan fingerprint density at radius 2 is 1.91 bits per heavy atom. The Bertz CT molecular complexity index is 1610. The van der Waals surface area contributed by atoms with Gasteiger partial charge in [0.25, 0.3) is 5.56 Å². The van der Waals surface area contributed by atoms with Gasteiger partial charge in [0, 0.05) is 30.3 Å². The van der Waals surface area contributed by atoms with Crippen LogP contribution in [0.3, 0.4) is 0 Å². The van der Waals surface area contributed by atoms with Gasteiger partial charge in [-0.1, -0.05) is 12.1 Å². The molecule has 0 fully saturated rings. The van der Waals surface area contributed by atoms with E-state index in [1.165, 1.54) is 29.0 Å². The molecule has 3 heterocycles. The van der Waals surface area contributed by atoms with E-state index in [0.29, 0.717) is 5.56 Å². The molecule has 0 bridgehead atoms. The molecule has 5 aromatic rings. The van der Waals surface area contributed by atoms with Crippen LogP contribution in [0.2, 0.25) is 0 Å². The van der Waals surface area contributed by atoms with Gasteiger partial charge >= 0.3 is 6.18 Å². The van der Waals surface area contributed by atoms with Crippen LogP contribution >= 0.6 is 0 Å². The van der Waals surface area contributed by atoms with Crippen LogP contribution in [0.25, 0.3) is 39.0 Å². The molecule has 0 radical (unpaired) electrons. The third-order valence-corrected chi connectivity index (χ3v) is 5.03. The van der Waals surface area contributed by atoms with Crippen LogP contribution < -0.4 is 10.9 Å². The van der Waals surface area contributed by atoms with Gasteiger partial charge < -0.3 is 10.4 Å². The van der Waals surface area contributed by atoms with Crippen LogP contribution in [0.5, 0.6) is 5.75 Å². The molecule has 0 saturated carbocycles. The van der Waals surface area contributed by atoms with Crippen molar-refractivity contribution in [2.24, 2.45) is 7.05 Å². The summed E-state index contributed by atoms with van der Waals surface area (Å²) < 4.78 is 40.8. The van der Waals surface area contributed by atoms with Gasteiger partial charge in [-0.05, 0) is 24.3 Å². The molecule has 0 aliphatic carbocycles. The highest BCUT2D eigenvalue weighted by Crippen LogP contribution is 2.24. The van der Waals surface area contributed by atoms with Crippen molar-refractivity contribution in [2.75, 3.05) is 11.9 Å². The van der Waals surface area contributed by atoms with Gasteiger partial charge in [0.05, 0.1) is 17.4 Å². The van der Waals surface area contributed by atoms with Crippen molar-refractivity contribution in [3.63, 3.8) is 0 Å². The molecule has 2 aromatic carbocycles. The lowest BCUT2D eigenvalue weighted by Crippen LogP contribution is -2.25. The molecule has 3 aromatic heterocycles. The third kappa shape index (κ3) is 4.00. The number of aryl methyl sites for hydroxylation is 1. The van der Waals surface area contributed by atoms with Crippen molar-refractivity contribution >= 4 is 28.0 Å². The number of nitrogens with one attached hydrogen (secondary N) is 1. The van der Waals surface area contributed by atoms with Crippen molar-refractivity contribution in [1.82, 2.24) is 29.3 Å². The Balaban J connectivity index is 1.74. The Kier molecular flexibility index (Phi) is 4.92. The summed E-state index contributed by atoms with van der Waals surface area (Å²) in [6.45, 7) is -1.34. The Morgan fingerprint density at radius 3 is 2.68 bits per heavy atom. The first-order valence-electron chi connectivity index (χ1n) is 10.0. The highest BCUT2D eigenvalue weighted by atomic mass is 19.4. The minimum absolute atomic E-state index is 0.0125. The van der Waals surface area contributed by atoms with E-state index in [0.717, 1.165) is 10.9 Å². The monoisotopic (exact) mass is 467 g/mol. The molecule has 5 rings (SSSR count). The fourth-order valence-electron chi connectivity index (χ4n) is 3.60. The van der Waals surface area contributed by atoms with E-state index in [-0.39, 0.29) is 34.2 Å². The van der Waals surface area contributed by atoms with Gasteiger partial charge in [0.15, 0.2) is 5.65 Å². The fraction of sp³-hybridized carbons (Fsp3) is 0.136. The molecule has 172 valence electrons. The predicted molar refractivity (Wildman–Crippen MR) is 119 cm³/mol. The molecule has 12 heteroatoms. The number of fused-ring (bicyclic) bond motifs is 2. The molecule has 9 nitrogen and oxygen atoms in total. The van der Waals surface area contributed by atoms with Gasteiger partial charge in [0.2, 0.25) is 5.95 Å². The molecule has 0 saturated heterocycles. The third-order valence-electron chi connectivity index (χ3n) is 5.03. The van der Waals surface area contributed by atoms with E-state index in [2.05, 4.69) is 25.4 Å². The van der Waals surface area contributed by atoms with E-state index >= 15 is 0 Å². The Morgan fingerprint density at radius 1 is 1.09 bits per heavy atom. The Labute approximate surface area is 189 Å². The summed E-state index contributed by atoms with van der Waals surface area (Å²) in [5.41, 5.74) is 1.21. The second-order valence-corrected chi connectivity index (χ2v) is 7.57. The molecule has 0 atom stereocenters. The number of phenolic OH excluding ortho intramolecular Hbond substituents is 1. The first kappa shape index (κ1) is 21.4. The molecule has 34 heavy (non-hydrogen) atoms. The maximum Gasteiger partial charge on any atom is 0.405 e. The number of hydrogen-bond donors (Lipinski definition) is 2. The quantitative estimate of drug-likeness (QED) is 0.417. The van der Waals surface area contributed by atoms with E-state index in [4.69, 9.17) is 0 Å². The highest BCUT2D eigenvalue weighted by molar-refractivity contribution is 5.84. The first-order valence-corrected chi connectivity index (χ1v) is 10.0. The number of halogens is 3. The van der Waals surface area contributed by atoms with Crippen LogP contribution in [0.1, 0.15) is 0 Å². The number of aromatic nitrogens is 6. The van der Waals surface area contributed by atoms with Crippen molar-refractivity contribution in [3.8, 4) is 22.7 Å². The minimum atomic E-state index is -4.48. The molecule has 0 aliphatic rings. The summed E-state index contributed by atoms with van der Waals surface area (Å²) >= 11 is 0. The Hall–Kier alpha value is -4.48. The van der Waals surface area contributed by atoms with Crippen molar-refractivity contribution in [2.45, 2.75) is 6.18 Å². The summed E-state index contributed by atoms with van der Waals surface area (Å²) in [7, 11) is 1.78. The lowest BCUT2D eigenvalue weighted by atomic mass is 10.1. The van der Waals surface area contributed by atoms with E-state index < -0.39 is 18.3 Å². The largest absolute Gasteiger partial charge is 0.508 e. The van der Waals surface area contributed by atoms with Crippen LogP contribution in [0.15, 0.2) is 59.7 Å². The summed E-state index contributed by atoms with van der Waals surface area (Å²) in [6.07, 6.45) is -1.43. The number of aromatic hydroxyl groups is 1. The zero-order valence-corrected chi connectivity index (χ0v) is 17.6. The summed E-state index contributed by atoms with van der Waals surface area (Å²) in [5.74, 6) is -0.415. The molecule has 0 aliphatic heterocycles. The van der Waals surface area contributed by atoms with Gasteiger partial charge in [-0.3, -0.25) is 14.0 Å². The maximum absolute atomic E-state index is 13.6. The molecule has 0 unspecified atom stereocenters. The standard InChI is InChI=1S/C22H16F3N7O2/c1-31-10-13-7-12(5-6-16(13)30-31)18-20(34)32(14-3-2-4-15(33)8-14)19-17(28-18)9-26-21(29-19)27-11-22(23,24)25/h2-10,33H,11H2,1H3,(H,26,27,29). The first-order chi connectivity index (χ1) is 16.2. The van der Waals surface area contributed by atoms with Crippen LogP contribution in [0.4, 0.5) is 19.1 Å². The van der Waals surface area contributed by atoms with E-state index in [9.17, 15) is 23.1 Å². The molecule has 0 amide bonds. The van der Waals surface area contributed by atoms with E-state index in [1.54, 1.807) is 42.2 Å².